The fourth-order valence-corrected chi connectivity index (χ4v) is 2.82. The van der Waals surface area contributed by atoms with E-state index in [9.17, 15) is 4.79 Å². The molecule has 1 unspecified atom stereocenters. The summed E-state index contributed by atoms with van der Waals surface area (Å²) in [6.07, 6.45) is 4.55. The highest BCUT2D eigenvalue weighted by molar-refractivity contribution is 7.09. The van der Waals surface area contributed by atoms with Crippen molar-refractivity contribution in [3.05, 3.63) is 22.4 Å². The van der Waals surface area contributed by atoms with E-state index in [1.165, 1.54) is 4.88 Å². The highest BCUT2D eigenvalue weighted by Gasteiger charge is 2.34. The van der Waals surface area contributed by atoms with Gasteiger partial charge >= 0.3 is 0 Å². The van der Waals surface area contributed by atoms with Gasteiger partial charge in [0.15, 0.2) is 5.78 Å². The number of aryl methyl sites for hydroxylation is 1. The molecule has 0 radical (unpaired) electrons. The van der Waals surface area contributed by atoms with E-state index in [0.717, 1.165) is 32.3 Å². The highest BCUT2D eigenvalue weighted by Crippen LogP contribution is 2.27. The van der Waals surface area contributed by atoms with Crippen LogP contribution in [-0.4, -0.2) is 18.0 Å². The Labute approximate surface area is 101 Å². The quantitative estimate of drug-likeness (QED) is 0.805. The molecule has 1 fully saturated rings. The van der Waals surface area contributed by atoms with E-state index >= 15 is 0 Å². The number of hydrogen-bond donors (Lipinski definition) is 0. The van der Waals surface area contributed by atoms with Crippen molar-refractivity contribution in [3.63, 3.8) is 0 Å². The van der Waals surface area contributed by atoms with E-state index in [4.69, 9.17) is 4.74 Å². The van der Waals surface area contributed by atoms with Gasteiger partial charge in [-0.15, -0.1) is 11.3 Å². The molecule has 0 N–H and O–H groups in total. The van der Waals surface area contributed by atoms with Crippen LogP contribution in [0.15, 0.2) is 17.5 Å². The molecule has 0 saturated carbocycles. The number of rotatable bonds is 4. The molecule has 0 bridgehead atoms. The normalized spacial score (nSPS) is 25.6. The number of hydrogen-bond acceptors (Lipinski definition) is 3. The second-order valence-corrected chi connectivity index (χ2v) is 5.57. The maximum Gasteiger partial charge on any atom is 0.164 e. The van der Waals surface area contributed by atoms with Gasteiger partial charge in [0, 0.05) is 17.9 Å². The Kier molecular flexibility index (Phi) is 3.77. The molecule has 1 aliphatic rings. The van der Waals surface area contributed by atoms with Crippen LogP contribution in [0.1, 0.15) is 37.5 Å². The van der Waals surface area contributed by atoms with Crippen LogP contribution < -0.4 is 0 Å². The number of Topliss-reactive ketones (excluding diaryl/α,β-unsaturated/α-hetero) is 1. The minimum absolute atomic E-state index is 0.264. The highest BCUT2D eigenvalue weighted by atomic mass is 32.1. The van der Waals surface area contributed by atoms with Crippen LogP contribution in [0.5, 0.6) is 0 Å². The molecule has 0 aromatic carbocycles. The lowest BCUT2D eigenvalue weighted by molar-refractivity contribution is -0.148. The first-order valence-corrected chi connectivity index (χ1v) is 6.78. The van der Waals surface area contributed by atoms with Crippen molar-refractivity contribution >= 4 is 17.1 Å². The molecule has 0 spiro atoms. The van der Waals surface area contributed by atoms with Crippen molar-refractivity contribution < 1.29 is 9.53 Å². The zero-order valence-electron chi connectivity index (χ0n) is 9.70. The van der Waals surface area contributed by atoms with Gasteiger partial charge in [-0.1, -0.05) is 6.07 Å². The average molecular weight is 238 g/mol. The van der Waals surface area contributed by atoms with Gasteiger partial charge in [0.1, 0.15) is 5.60 Å². The Balaban J connectivity index is 1.87. The Hall–Kier alpha value is -0.670. The molecule has 1 aromatic heterocycles. The third kappa shape index (κ3) is 2.71. The van der Waals surface area contributed by atoms with Crippen LogP contribution in [0.2, 0.25) is 0 Å². The van der Waals surface area contributed by atoms with Crippen LogP contribution in [0, 0.1) is 0 Å². The summed E-state index contributed by atoms with van der Waals surface area (Å²) < 4.78 is 5.65. The van der Waals surface area contributed by atoms with Crippen LogP contribution in [0.25, 0.3) is 0 Å². The largest absolute Gasteiger partial charge is 0.368 e. The van der Waals surface area contributed by atoms with E-state index in [0.29, 0.717) is 6.42 Å². The molecule has 1 atom stereocenters. The molecule has 3 heteroatoms. The van der Waals surface area contributed by atoms with Crippen molar-refractivity contribution in [1.82, 2.24) is 0 Å². The van der Waals surface area contributed by atoms with Crippen molar-refractivity contribution in [2.45, 2.75) is 44.6 Å². The first-order valence-electron chi connectivity index (χ1n) is 5.90. The maximum absolute atomic E-state index is 12.1. The molecule has 2 heterocycles. The van der Waals surface area contributed by atoms with Crippen molar-refractivity contribution in [3.8, 4) is 0 Å². The number of carbonyl (C=O) groups excluding carboxylic acids is 1. The van der Waals surface area contributed by atoms with E-state index in [2.05, 4.69) is 11.4 Å². The fraction of sp³-hybridized carbons (Fsp3) is 0.615. The number of ether oxygens (including phenoxy) is 1. The summed E-state index contributed by atoms with van der Waals surface area (Å²) in [7, 11) is 0. The van der Waals surface area contributed by atoms with Crippen LogP contribution in [0.3, 0.4) is 0 Å². The van der Waals surface area contributed by atoms with Gasteiger partial charge in [0.05, 0.1) is 0 Å². The monoisotopic (exact) mass is 238 g/mol. The van der Waals surface area contributed by atoms with Crippen molar-refractivity contribution in [2.24, 2.45) is 0 Å². The Morgan fingerprint density at radius 3 is 3.06 bits per heavy atom. The zero-order valence-corrected chi connectivity index (χ0v) is 10.5. The van der Waals surface area contributed by atoms with Crippen molar-refractivity contribution in [1.29, 1.82) is 0 Å². The van der Waals surface area contributed by atoms with E-state index in [1.54, 1.807) is 11.3 Å². The Morgan fingerprint density at radius 1 is 1.56 bits per heavy atom. The van der Waals surface area contributed by atoms with Crippen LogP contribution >= 0.6 is 11.3 Å². The lowest BCUT2D eigenvalue weighted by Crippen LogP contribution is -2.41. The molecule has 2 nitrogen and oxygen atoms in total. The van der Waals surface area contributed by atoms with Gasteiger partial charge in [0.25, 0.3) is 0 Å². The molecule has 2 rings (SSSR count). The van der Waals surface area contributed by atoms with Gasteiger partial charge in [-0.3, -0.25) is 4.79 Å². The number of thiophene rings is 1. The summed E-state index contributed by atoms with van der Waals surface area (Å²) in [5.41, 5.74) is -0.504. The summed E-state index contributed by atoms with van der Waals surface area (Å²) in [5, 5.41) is 2.05. The summed E-state index contributed by atoms with van der Waals surface area (Å²) in [6, 6.07) is 4.12. The first-order chi connectivity index (χ1) is 7.71. The SMILES string of the molecule is CC1(C(=O)CCc2cccs2)CCCCO1. The minimum atomic E-state index is -0.504. The number of carbonyl (C=O) groups is 1. The summed E-state index contributed by atoms with van der Waals surface area (Å²) in [4.78, 5) is 13.4. The Bertz CT molecular complexity index is 337. The standard InChI is InChI=1S/C13H18O2S/c1-13(8-2-3-9-15-13)12(14)7-6-11-5-4-10-16-11/h4-5,10H,2-3,6-9H2,1H3. The molecule has 88 valence electrons. The van der Waals surface area contributed by atoms with Crippen molar-refractivity contribution in [2.75, 3.05) is 6.61 Å². The molecule has 1 aromatic rings. The molecule has 1 aliphatic heterocycles. The average Bonchev–Trinajstić information content (AvgIpc) is 2.79. The number of ketones is 1. The molecule has 0 aliphatic carbocycles. The maximum atomic E-state index is 12.1. The molecule has 0 amide bonds. The third-order valence-electron chi connectivity index (χ3n) is 3.24. The van der Waals surface area contributed by atoms with Gasteiger partial charge in [-0.2, -0.15) is 0 Å². The predicted molar refractivity (Wildman–Crippen MR) is 65.9 cm³/mol. The van der Waals surface area contributed by atoms with Crippen LogP contribution in [0.4, 0.5) is 0 Å². The van der Waals surface area contributed by atoms with Gasteiger partial charge < -0.3 is 4.74 Å². The topological polar surface area (TPSA) is 26.3 Å². The zero-order chi connectivity index (χ0) is 11.4. The first kappa shape index (κ1) is 11.8. The summed E-state index contributed by atoms with van der Waals surface area (Å²) in [6.45, 7) is 2.68. The molecule has 16 heavy (non-hydrogen) atoms. The molecular formula is C13H18O2S. The van der Waals surface area contributed by atoms with Gasteiger partial charge in [-0.25, -0.2) is 0 Å². The minimum Gasteiger partial charge on any atom is -0.368 e. The van der Waals surface area contributed by atoms with Gasteiger partial charge in [0.2, 0.25) is 0 Å². The lowest BCUT2D eigenvalue weighted by Gasteiger charge is -2.32. The predicted octanol–water partition coefficient (Wildman–Crippen LogP) is 3.21. The third-order valence-corrected chi connectivity index (χ3v) is 4.17. The second kappa shape index (κ2) is 5.11. The summed E-state index contributed by atoms with van der Waals surface area (Å²) >= 11 is 1.72. The van der Waals surface area contributed by atoms with E-state index in [-0.39, 0.29) is 5.78 Å². The van der Waals surface area contributed by atoms with E-state index in [1.807, 2.05) is 13.0 Å². The van der Waals surface area contributed by atoms with Crippen LogP contribution in [-0.2, 0) is 16.0 Å². The van der Waals surface area contributed by atoms with Gasteiger partial charge in [-0.05, 0) is 44.1 Å². The Morgan fingerprint density at radius 2 is 2.44 bits per heavy atom. The fourth-order valence-electron chi connectivity index (χ4n) is 2.11. The lowest BCUT2D eigenvalue weighted by atomic mass is 9.89. The second-order valence-electron chi connectivity index (χ2n) is 4.54. The van der Waals surface area contributed by atoms with E-state index < -0.39 is 5.60 Å². The molecule has 1 saturated heterocycles. The summed E-state index contributed by atoms with van der Waals surface area (Å²) in [5.74, 6) is 0.264. The smallest absolute Gasteiger partial charge is 0.164 e. The molecular weight excluding hydrogens is 220 g/mol.